The Bertz CT molecular complexity index is 453. The highest BCUT2D eigenvalue weighted by Gasteiger charge is 2.29. The molecule has 0 fully saturated rings. The van der Waals surface area contributed by atoms with Gasteiger partial charge in [-0.3, -0.25) is 4.79 Å². The van der Waals surface area contributed by atoms with Crippen LogP contribution in [0, 0.1) is 11.2 Å². The van der Waals surface area contributed by atoms with E-state index in [1.165, 1.54) is 19.2 Å². The van der Waals surface area contributed by atoms with Crippen LogP contribution in [0.2, 0.25) is 0 Å². The zero-order valence-electron chi connectivity index (χ0n) is 11.2. The molecule has 0 aliphatic carbocycles. The average Bonchev–Trinajstić information content (AvgIpc) is 2.27. The lowest BCUT2D eigenvalue weighted by Gasteiger charge is -2.22. The van der Waals surface area contributed by atoms with Gasteiger partial charge in [-0.25, -0.2) is 4.39 Å². The van der Waals surface area contributed by atoms with Crippen molar-refractivity contribution in [2.75, 3.05) is 7.11 Å². The monoisotopic (exact) mass is 254 g/mol. The summed E-state index contributed by atoms with van der Waals surface area (Å²) < 4.78 is 18.6. The van der Waals surface area contributed by atoms with Gasteiger partial charge in [0.25, 0.3) is 0 Å². The van der Waals surface area contributed by atoms with E-state index < -0.39 is 17.2 Å². The van der Waals surface area contributed by atoms with Crippen LogP contribution in [0.5, 0.6) is 5.75 Å². The van der Waals surface area contributed by atoms with Crippen molar-refractivity contribution < 1.29 is 19.0 Å². The quantitative estimate of drug-likeness (QED) is 0.878. The fraction of sp³-hybridized carbons (Fsp3) is 0.500. The molecule has 0 aliphatic rings. The minimum atomic E-state index is -0.928. The molecule has 0 unspecified atom stereocenters. The maximum atomic E-state index is 13.5. The standard InChI is InChI=1S/C14H19FO3/c1-5-11-9(8-14(2,3)13(16)17)6-10(15)7-12(11)18-4/h6-7H,5,8H2,1-4H3,(H,16,17). The molecule has 0 aromatic heterocycles. The molecule has 0 saturated heterocycles. The highest BCUT2D eigenvalue weighted by molar-refractivity contribution is 5.74. The maximum absolute atomic E-state index is 13.5. The Labute approximate surface area is 107 Å². The lowest BCUT2D eigenvalue weighted by atomic mass is 9.83. The number of methoxy groups -OCH3 is 1. The van der Waals surface area contributed by atoms with Crippen LogP contribution >= 0.6 is 0 Å². The van der Waals surface area contributed by atoms with Crippen molar-refractivity contribution in [1.29, 1.82) is 0 Å². The first-order valence-corrected chi connectivity index (χ1v) is 5.90. The molecule has 3 nitrogen and oxygen atoms in total. The molecule has 0 atom stereocenters. The second-order valence-corrected chi connectivity index (χ2v) is 4.97. The van der Waals surface area contributed by atoms with Gasteiger partial charge in [0.15, 0.2) is 0 Å². The SMILES string of the molecule is CCc1c(CC(C)(C)C(=O)O)cc(F)cc1OC. The summed E-state index contributed by atoms with van der Waals surface area (Å²) in [6, 6.07) is 2.72. The first-order chi connectivity index (χ1) is 8.31. The zero-order chi connectivity index (χ0) is 13.9. The van der Waals surface area contributed by atoms with Crippen LogP contribution in [0.4, 0.5) is 4.39 Å². The van der Waals surface area contributed by atoms with E-state index in [-0.39, 0.29) is 6.42 Å². The Morgan fingerprint density at radius 3 is 2.50 bits per heavy atom. The molecule has 1 aromatic carbocycles. The van der Waals surface area contributed by atoms with Gasteiger partial charge in [0.2, 0.25) is 0 Å². The van der Waals surface area contributed by atoms with Crippen molar-refractivity contribution in [2.45, 2.75) is 33.6 Å². The Morgan fingerprint density at radius 1 is 1.44 bits per heavy atom. The van der Waals surface area contributed by atoms with Crippen molar-refractivity contribution in [2.24, 2.45) is 5.41 Å². The first-order valence-electron chi connectivity index (χ1n) is 5.90. The first kappa shape index (κ1) is 14.5. The maximum Gasteiger partial charge on any atom is 0.309 e. The molecular weight excluding hydrogens is 235 g/mol. The number of aliphatic carboxylic acids is 1. The topological polar surface area (TPSA) is 46.5 Å². The van der Waals surface area contributed by atoms with Crippen molar-refractivity contribution in [3.63, 3.8) is 0 Å². The lowest BCUT2D eigenvalue weighted by Crippen LogP contribution is -2.26. The fourth-order valence-electron chi connectivity index (χ4n) is 1.96. The number of benzene rings is 1. The summed E-state index contributed by atoms with van der Waals surface area (Å²) in [5.74, 6) is -0.818. The molecule has 0 saturated carbocycles. The highest BCUT2D eigenvalue weighted by atomic mass is 19.1. The molecule has 18 heavy (non-hydrogen) atoms. The van der Waals surface area contributed by atoms with E-state index >= 15 is 0 Å². The van der Waals surface area contributed by atoms with Crippen LogP contribution in [0.25, 0.3) is 0 Å². The highest BCUT2D eigenvalue weighted by Crippen LogP contribution is 2.30. The molecule has 0 aliphatic heterocycles. The van der Waals surface area contributed by atoms with Crippen LogP contribution in [-0.4, -0.2) is 18.2 Å². The van der Waals surface area contributed by atoms with Crippen LogP contribution in [0.3, 0.4) is 0 Å². The van der Waals surface area contributed by atoms with E-state index in [4.69, 9.17) is 9.84 Å². The van der Waals surface area contributed by atoms with E-state index in [1.54, 1.807) is 13.8 Å². The van der Waals surface area contributed by atoms with E-state index in [0.29, 0.717) is 17.7 Å². The van der Waals surface area contributed by atoms with Crippen LogP contribution in [0.15, 0.2) is 12.1 Å². The molecule has 0 spiro atoms. The van der Waals surface area contributed by atoms with Gasteiger partial charge in [0.05, 0.1) is 12.5 Å². The summed E-state index contributed by atoms with van der Waals surface area (Å²) in [4.78, 5) is 11.1. The zero-order valence-corrected chi connectivity index (χ0v) is 11.2. The molecular formula is C14H19FO3. The molecule has 4 heteroatoms. The van der Waals surface area contributed by atoms with Crippen molar-refractivity contribution in [1.82, 2.24) is 0 Å². The fourth-order valence-corrected chi connectivity index (χ4v) is 1.96. The summed E-state index contributed by atoms with van der Waals surface area (Å²) in [6.45, 7) is 5.20. The van der Waals surface area contributed by atoms with Gasteiger partial charge in [0, 0.05) is 6.07 Å². The number of carbonyl (C=O) groups is 1. The number of carboxylic acids is 1. The summed E-state index contributed by atoms with van der Waals surface area (Å²) in [6.07, 6.45) is 0.952. The minimum absolute atomic E-state index is 0.277. The number of hydrogen-bond acceptors (Lipinski definition) is 2. The molecule has 1 N–H and O–H groups in total. The smallest absolute Gasteiger partial charge is 0.309 e. The summed E-state index contributed by atoms with van der Waals surface area (Å²) >= 11 is 0. The van der Waals surface area contributed by atoms with Gasteiger partial charge in [-0.15, -0.1) is 0 Å². The van der Waals surface area contributed by atoms with E-state index in [0.717, 1.165) is 5.56 Å². The Balaban J connectivity index is 3.23. The third kappa shape index (κ3) is 3.00. The van der Waals surface area contributed by atoms with Gasteiger partial charge in [-0.2, -0.15) is 0 Å². The molecule has 1 aromatic rings. The third-order valence-corrected chi connectivity index (χ3v) is 3.05. The average molecular weight is 254 g/mol. The van der Waals surface area contributed by atoms with Gasteiger partial charge >= 0.3 is 5.97 Å². The molecule has 1 rings (SSSR count). The second kappa shape index (κ2) is 5.38. The number of carboxylic acid groups (broad SMARTS) is 1. The van der Waals surface area contributed by atoms with Gasteiger partial charge in [-0.05, 0) is 43.9 Å². The molecule has 0 heterocycles. The minimum Gasteiger partial charge on any atom is -0.496 e. The summed E-state index contributed by atoms with van der Waals surface area (Å²) in [5, 5.41) is 9.14. The van der Waals surface area contributed by atoms with Crippen molar-refractivity contribution in [3.8, 4) is 5.75 Å². The predicted molar refractivity (Wildman–Crippen MR) is 67.5 cm³/mol. The van der Waals surface area contributed by atoms with Crippen LogP contribution in [0.1, 0.15) is 31.9 Å². The largest absolute Gasteiger partial charge is 0.496 e. The lowest BCUT2D eigenvalue weighted by molar-refractivity contribution is -0.146. The third-order valence-electron chi connectivity index (χ3n) is 3.05. The Kier molecular flexibility index (Phi) is 4.33. The van der Waals surface area contributed by atoms with Crippen molar-refractivity contribution in [3.05, 3.63) is 29.1 Å². The molecule has 0 amide bonds. The van der Waals surface area contributed by atoms with Gasteiger partial charge < -0.3 is 9.84 Å². The van der Waals surface area contributed by atoms with Gasteiger partial charge in [-0.1, -0.05) is 6.92 Å². The summed E-state index contributed by atoms with van der Waals surface area (Å²) in [5.41, 5.74) is 0.637. The second-order valence-electron chi connectivity index (χ2n) is 4.97. The van der Waals surface area contributed by atoms with E-state index in [9.17, 15) is 9.18 Å². The molecule has 0 bridgehead atoms. The number of hydrogen-bond donors (Lipinski definition) is 1. The Morgan fingerprint density at radius 2 is 2.06 bits per heavy atom. The molecule has 0 radical (unpaired) electrons. The van der Waals surface area contributed by atoms with Gasteiger partial charge in [0.1, 0.15) is 11.6 Å². The molecule has 100 valence electrons. The normalized spacial score (nSPS) is 11.4. The Hall–Kier alpha value is -1.58. The van der Waals surface area contributed by atoms with E-state index in [2.05, 4.69) is 0 Å². The number of ether oxygens (including phenoxy) is 1. The van der Waals surface area contributed by atoms with Crippen LogP contribution in [-0.2, 0) is 17.6 Å². The van der Waals surface area contributed by atoms with E-state index in [1.807, 2.05) is 6.92 Å². The van der Waals surface area contributed by atoms with Crippen LogP contribution < -0.4 is 4.74 Å². The number of halogens is 1. The summed E-state index contributed by atoms with van der Waals surface area (Å²) in [7, 11) is 1.49. The number of rotatable bonds is 5. The predicted octanol–water partition coefficient (Wildman–Crippen LogP) is 3.05. The van der Waals surface area contributed by atoms with Crippen molar-refractivity contribution >= 4 is 5.97 Å².